The van der Waals surface area contributed by atoms with E-state index in [1.165, 1.54) is 22.1 Å². The van der Waals surface area contributed by atoms with Gasteiger partial charge in [0.25, 0.3) is 5.56 Å². The van der Waals surface area contributed by atoms with Crippen molar-refractivity contribution in [2.45, 2.75) is 13.0 Å². The molecule has 0 atom stereocenters. The van der Waals surface area contributed by atoms with E-state index in [1.54, 1.807) is 24.0 Å². The first-order valence-corrected chi connectivity index (χ1v) is 9.56. The highest BCUT2D eigenvalue weighted by atomic mass is 32.1. The van der Waals surface area contributed by atoms with E-state index < -0.39 is 5.82 Å². The van der Waals surface area contributed by atoms with Crippen molar-refractivity contribution in [2.24, 2.45) is 7.05 Å². The van der Waals surface area contributed by atoms with Gasteiger partial charge in [0.1, 0.15) is 22.2 Å². The Kier molecular flexibility index (Phi) is 3.91. The van der Waals surface area contributed by atoms with Crippen LogP contribution in [-0.4, -0.2) is 34.5 Å². The number of nitrogens with two attached hydrogens (primary N) is 1. The van der Waals surface area contributed by atoms with E-state index in [-0.39, 0.29) is 17.9 Å². The number of pyridine rings is 1. The van der Waals surface area contributed by atoms with Crippen LogP contribution in [0.4, 0.5) is 10.2 Å². The second-order valence-electron chi connectivity index (χ2n) is 6.63. The number of thiazole rings is 1. The fraction of sp³-hybridized carbons (Fsp3) is 0.167. The minimum absolute atomic E-state index is 0.0212. The lowest BCUT2D eigenvalue weighted by Crippen LogP contribution is -2.25. The largest absolute Gasteiger partial charge is 0.384 e. The van der Waals surface area contributed by atoms with Crippen LogP contribution in [0.5, 0.6) is 0 Å². The molecule has 0 unspecified atom stereocenters. The highest BCUT2D eigenvalue weighted by molar-refractivity contribution is 7.19. The Hall–Kier alpha value is -3.60. The Morgan fingerprint density at radius 1 is 1.28 bits per heavy atom. The minimum Gasteiger partial charge on any atom is -0.384 e. The number of hydrogen-bond acceptors (Lipinski definition) is 7. The van der Waals surface area contributed by atoms with Gasteiger partial charge in [-0.1, -0.05) is 0 Å². The number of nitrogen functional groups attached to an aromatic ring is 1. The third-order valence-corrected chi connectivity index (χ3v) is 5.71. The van der Waals surface area contributed by atoms with E-state index in [0.29, 0.717) is 17.6 Å². The first-order valence-electron chi connectivity index (χ1n) is 8.74. The van der Waals surface area contributed by atoms with Crippen LogP contribution >= 0.6 is 11.3 Å². The summed E-state index contributed by atoms with van der Waals surface area (Å²) in [6, 6.07) is 4.26. The molecule has 9 nitrogen and oxygen atoms in total. The molecule has 0 amide bonds. The highest BCUT2D eigenvalue weighted by Gasteiger charge is 2.19. The molecule has 0 aliphatic rings. The summed E-state index contributed by atoms with van der Waals surface area (Å²) in [7, 11) is 1.80. The lowest BCUT2D eigenvalue weighted by atomic mass is 10.3. The number of halogens is 1. The Bertz CT molecular complexity index is 1400. The fourth-order valence-electron chi connectivity index (χ4n) is 3.37. The van der Waals surface area contributed by atoms with Crippen LogP contribution < -0.4 is 11.3 Å². The molecular weight excluding hydrogens is 395 g/mol. The number of anilines is 1. The molecule has 0 bridgehead atoms. The molecule has 0 radical (unpaired) electrons. The van der Waals surface area contributed by atoms with Gasteiger partial charge in [0.2, 0.25) is 0 Å². The van der Waals surface area contributed by atoms with Gasteiger partial charge in [-0.2, -0.15) is 10.2 Å². The van der Waals surface area contributed by atoms with E-state index in [2.05, 4.69) is 25.3 Å². The molecule has 0 aliphatic carbocycles. The second-order valence-corrected chi connectivity index (χ2v) is 7.72. The molecule has 5 rings (SSSR count). The monoisotopic (exact) mass is 410 g/mol. The topological polar surface area (TPSA) is 120 Å². The highest BCUT2D eigenvalue weighted by Crippen LogP contribution is 2.31. The number of aryl methyl sites for hydroxylation is 1. The molecule has 146 valence electrons. The Morgan fingerprint density at radius 3 is 2.90 bits per heavy atom. The molecule has 5 aromatic rings. The number of nitrogens with zero attached hydrogens (tertiary/aromatic N) is 6. The zero-order chi connectivity index (χ0) is 20.1. The van der Waals surface area contributed by atoms with Crippen molar-refractivity contribution in [3.8, 4) is 0 Å². The van der Waals surface area contributed by atoms with Crippen molar-refractivity contribution < 1.29 is 4.39 Å². The third-order valence-electron chi connectivity index (χ3n) is 4.64. The third kappa shape index (κ3) is 2.95. The molecule has 0 saturated heterocycles. The summed E-state index contributed by atoms with van der Waals surface area (Å²) < 4.78 is 17.5. The quantitative estimate of drug-likeness (QED) is 0.466. The summed E-state index contributed by atoms with van der Waals surface area (Å²) in [5, 5.41) is 12.8. The van der Waals surface area contributed by atoms with Crippen molar-refractivity contribution in [3.05, 3.63) is 63.2 Å². The standard InChI is InChI=1S/C18H15FN8OS/c1-26-15-12(16-17(26)24-14(29-16)6-10-2-3-21-25-10)7-22-27(18(15)28)8-11-4-9(19)5-13(20)23-11/h2-5,7H,6,8H2,1H3,(H2,20,23)(H,21,25). The number of aromatic amines is 1. The number of aromatic nitrogens is 7. The summed E-state index contributed by atoms with van der Waals surface area (Å²) in [6.07, 6.45) is 4.02. The van der Waals surface area contributed by atoms with Crippen molar-refractivity contribution in [1.29, 1.82) is 0 Å². The first kappa shape index (κ1) is 17.5. The van der Waals surface area contributed by atoms with Crippen LogP contribution in [0.25, 0.3) is 21.3 Å². The summed E-state index contributed by atoms with van der Waals surface area (Å²) in [5.41, 5.74) is 7.73. The van der Waals surface area contributed by atoms with Crippen molar-refractivity contribution >= 4 is 38.4 Å². The normalized spacial score (nSPS) is 11.7. The van der Waals surface area contributed by atoms with Crippen LogP contribution in [0.2, 0.25) is 0 Å². The van der Waals surface area contributed by atoms with E-state index >= 15 is 0 Å². The van der Waals surface area contributed by atoms with Gasteiger partial charge < -0.3 is 10.3 Å². The molecule has 3 N–H and O–H groups in total. The van der Waals surface area contributed by atoms with Crippen molar-refractivity contribution in [2.75, 3.05) is 5.73 Å². The molecule has 0 spiro atoms. The number of nitrogens with one attached hydrogen (secondary N) is 1. The van der Waals surface area contributed by atoms with E-state index in [4.69, 9.17) is 5.73 Å². The molecule has 5 heterocycles. The van der Waals surface area contributed by atoms with E-state index in [1.807, 2.05) is 6.07 Å². The SMILES string of the molecule is Cn1c2nc(Cc3cc[nH]n3)sc2c2cnn(Cc3cc(F)cc(N)n3)c(=O)c21. The molecule has 11 heteroatoms. The summed E-state index contributed by atoms with van der Waals surface area (Å²) in [5.74, 6) is -0.447. The number of H-pyrrole nitrogens is 1. The van der Waals surface area contributed by atoms with Gasteiger partial charge in [0, 0.05) is 31.1 Å². The molecule has 0 saturated carbocycles. The molecular formula is C18H15FN8OS. The van der Waals surface area contributed by atoms with Crippen molar-refractivity contribution in [3.63, 3.8) is 0 Å². The van der Waals surface area contributed by atoms with Crippen LogP contribution in [0.15, 0.2) is 35.4 Å². The Morgan fingerprint density at radius 2 is 2.14 bits per heavy atom. The predicted molar refractivity (Wildman–Crippen MR) is 107 cm³/mol. The fourth-order valence-corrected chi connectivity index (χ4v) is 4.49. The van der Waals surface area contributed by atoms with Gasteiger partial charge >= 0.3 is 0 Å². The molecule has 5 aromatic heterocycles. The summed E-state index contributed by atoms with van der Waals surface area (Å²) in [4.78, 5) is 21.8. The molecule has 0 aliphatic heterocycles. The molecule has 0 aromatic carbocycles. The maximum Gasteiger partial charge on any atom is 0.291 e. The maximum atomic E-state index is 13.6. The van der Waals surface area contributed by atoms with Gasteiger partial charge in [-0.05, 0) is 12.1 Å². The first-order chi connectivity index (χ1) is 14.0. The van der Waals surface area contributed by atoms with Gasteiger partial charge in [-0.3, -0.25) is 9.89 Å². The van der Waals surface area contributed by atoms with Crippen LogP contribution in [0.1, 0.15) is 16.4 Å². The van der Waals surface area contributed by atoms with E-state index in [0.717, 1.165) is 32.5 Å². The van der Waals surface area contributed by atoms with Gasteiger partial charge in [-0.25, -0.2) is 19.0 Å². The van der Waals surface area contributed by atoms with Gasteiger partial charge in [0.05, 0.1) is 28.8 Å². The smallest absolute Gasteiger partial charge is 0.291 e. The number of fused-ring (bicyclic) bond motifs is 3. The van der Waals surface area contributed by atoms with Gasteiger partial charge in [-0.15, -0.1) is 11.3 Å². The minimum atomic E-state index is -0.505. The maximum absolute atomic E-state index is 13.6. The average Bonchev–Trinajstić information content (AvgIpc) is 3.36. The summed E-state index contributed by atoms with van der Waals surface area (Å²) >= 11 is 1.52. The van der Waals surface area contributed by atoms with E-state index in [9.17, 15) is 9.18 Å². The number of rotatable bonds is 4. The van der Waals surface area contributed by atoms with Crippen LogP contribution in [0, 0.1) is 5.82 Å². The predicted octanol–water partition coefficient (Wildman–Crippen LogP) is 1.82. The van der Waals surface area contributed by atoms with Crippen LogP contribution in [0.3, 0.4) is 0 Å². The Balaban J connectivity index is 1.58. The van der Waals surface area contributed by atoms with Gasteiger partial charge in [0.15, 0.2) is 5.65 Å². The molecule has 29 heavy (non-hydrogen) atoms. The zero-order valence-corrected chi connectivity index (χ0v) is 16.1. The van der Waals surface area contributed by atoms with Crippen molar-refractivity contribution in [1.82, 2.24) is 34.5 Å². The van der Waals surface area contributed by atoms with Crippen LogP contribution in [-0.2, 0) is 20.0 Å². The zero-order valence-electron chi connectivity index (χ0n) is 15.3. The lowest BCUT2D eigenvalue weighted by molar-refractivity contribution is 0.604. The second kappa shape index (κ2) is 6.48. The molecule has 0 fully saturated rings. The lowest BCUT2D eigenvalue weighted by Gasteiger charge is -2.06. The number of hydrogen-bond donors (Lipinski definition) is 2. The average molecular weight is 410 g/mol. The summed E-state index contributed by atoms with van der Waals surface area (Å²) in [6.45, 7) is 0.0212. The Labute approximate surface area is 166 Å².